The summed E-state index contributed by atoms with van der Waals surface area (Å²) in [5.41, 5.74) is 1.53. The molecule has 0 aliphatic rings. The third-order valence-electron chi connectivity index (χ3n) is 5.43. The molecule has 5 N–H and O–H groups in total. The number of carbonyl (C=O) groups is 4. The van der Waals surface area contributed by atoms with Gasteiger partial charge in [0.25, 0.3) is 5.91 Å². The van der Waals surface area contributed by atoms with Gasteiger partial charge in [-0.1, -0.05) is 69.3 Å². The second kappa shape index (κ2) is 11.4. The molecule has 1 aromatic heterocycles. The summed E-state index contributed by atoms with van der Waals surface area (Å²) in [6.45, 7) is 4.68. The number of rotatable bonds is 9. The summed E-state index contributed by atoms with van der Waals surface area (Å²) in [5, 5.41) is 18.0. The standard InChI is InChI=1S/C27H30N4O5/c1-27(2,3)26(36)31-21(13-17-9-5-4-6-10-17)24(33)29-16-23(32)30-22(25(34)35)14-18-15-28-20-12-8-7-11-19(18)20/h4-13,15,22,28H,14,16H2,1-3H3,(H,29,33)(H,30,32)(H,31,36)(H,34,35)/b21-13-. The number of hydrogen-bond donors (Lipinski definition) is 5. The van der Waals surface area contributed by atoms with E-state index in [1.165, 1.54) is 6.08 Å². The quantitative estimate of drug-likeness (QED) is 0.293. The van der Waals surface area contributed by atoms with Gasteiger partial charge in [-0.05, 0) is 23.3 Å². The Balaban J connectivity index is 1.66. The van der Waals surface area contributed by atoms with Crippen LogP contribution in [-0.2, 0) is 25.6 Å². The predicted octanol–water partition coefficient (Wildman–Crippen LogP) is 2.60. The highest BCUT2D eigenvalue weighted by Gasteiger charge is 2.25. The Kier molecular flexibility index (Phi) is 8.26. The Labute approximate surface area is 209 Å². The van der Waals surface area contributed by atoms with Gasteiger partial charge in [0.2, 0.25) is 11.8 Å². The van der Waals surface area contributed by atoms with Gasteiger partial charge in [-0.3, -0.25) is 14.4 Å². The molecule has 9 nitrogen and oxygen atoms in total. The van der Waals surface area contributed by atoms with Gasteiger partial charge in [0.15, 0.2) is 0 Å². The molecule has 1 atom stereocenters. The van der Waals surface area contributed by atoms with Crippen LogP contribution in [0.15, 0.2) is 66.5 Å². The van der Waals surface area contributed by atoms with E-state index < -0.39 is 35.8 Å². The minimum absolute atomic E-state index is 0.0255. The molecule has 2 aromatic carbocycles. The summed E-state index contributed by atoms with van der Waals surface area (Å²) < 4.78 is 0. The molecule has 36 heavy (non-hydrogen) atoms. The van der Waals surface area contributed by atoms with E-state index in [0.29, 0.717) is 5.56 Å². The average Bonchev–Trinajstić information content (AvgIpc) is 3.24. The number of aliphatic carboxylic acids is 1. The maximum Gasteiger partial charge on any atom is 0.326 e. The number of nitrogens with one attached hydrogen (secondary N) is 4. The van der Waals surface area contributed by atoms with Gasteiger partial charge in [0.05, 0.1) is 6.54 Å². The second-order valence-corrected chi connectivity index (χ2v) is 9.38. The van der Waals surface area contributed by atoms with Gasteiger partial charge in [-0.25, -0.2) is 4.79 Å². The molecule has 0 spiro atoms. The summed E-state index contributed by atoms with van der Waals surface area (Å²) in [6.07, 6.45) is 3.29. The molecule has 0 aliphatic heterocycles. The predicted molar refractivity (Wildman–Crippen MR) is 137 cm³/mol. The van der Waals surface area contributed by atoms with Crippen LogP contribution in [0.3, 0.4) is 0 Å². The van der Waals surface area contributed by atoms with E-state index in [1.807, 2.05) is 30.3 Å². The Hall–Kier alpha value is -4.40. The van der Waals surface area contributed by atoms with Crippen molar-refractivity contribution in [1.82, 2.24) is 20.9 Å². The Bertz CT molecular complexity index is 1290. The Morgan fingerprint density at radius 1 is 1.00 bits per heavy atom. The molecule has 0 radical (unpaired) electrons. The molecular weight excluding hydrogens is 460 g/mol. The molecule has 188 valence electrons. The van der Waals surface area contributed by atoms with Crippen LogP contribution in [0.2, 0.25) is 0 Å². The summed E-state index contributed by atoms with van der Waals surface area (Å²) in [6, 6.07) is 15.2. The topological polar surface area (TPSA) is 140 Å². The average molecular weight is 491 g/mol. The first-order valence-corrected chi connectivity index (χ1v) is 11.5. The van der Waals surface area contributed by atoms with E-state index in [-0.39, 0.29) is 18.0 Å². The number of carboxylic acid groups (broad SMARTS) is 1. The molecule has 0 bridgehead atoms. The van der Waals surface area contributed by atoms with Gasteiger partial charge in [-0.15, -0.1) is 0 Å². The van der Waals surface area contributed by atoms with Crippen LogP contribution >= 0.6 is 0 Å². The molecule has 1 heterocycles. The molecule has 3 rings (SSSR count). The summed E-state index contributed by atoms with van der Waals surface area (Å²) in [5.74, 6) is -2.90. The van der Waals surface area contributed by atoms with Crippen LogP contribution in [0.4, 0.5) is 0 Å². The number of aromatic nitrogens is 1. The van der Waals surface area contributed by atoms with Crippen molar-refractivity contribution >= 4 is 40.7 Å². The van der Waals surface area contributed by atoms with Crippen LogP contribution in [0.5, 0.6) is 0 Å². The number of amides is 3. The minimum Gasteiger partial charge on any atom is -0.480 e. The number of carbonyl (C=O) groups excluding carboxylic acids is 3. The fourth-order valence-corrected chi connectivity index (χ4v) is 3.41. The van der Waals surface area contributed by atoms with E-state index >= 15 is 0 Å². The summed E-state index contributed by atoms with van der Waals surface area (Å²) in [4.78, 5) is 52.7. The van der Waals surface area contributed by atoms with E-state index in [4.69, 9.17) is 0 Å². The lowest BCUT2D eigenvalue weighted by atomic mass is 9.95. The van der Waals surface area contributed by atoms with E-state index in [0.717, 1.165) is 16.5 Å². The smallest absolute Gasteiger partial charge is 0.326 e. The SMILES string of the molecule is CC(C)(C)C(=O)N/C(=C\c1ccccc1)C(=O)NCC(=O)NC(Cc1c[nH]c2ccccc12)C(=O)O. The normalized spacial score (nSPS) is 12.6. The molecule has 3 aromatic rings. The first kappa shape index (κ1) is 26.2. The van der Waals surface area contributed by atoms with Crippen molar-refractivity contribution in [1.29, 1.82) is 0 Å². The van der Waals surface area contributed by atoms with Crippen molar-refractivity contribution in [2.75, 3.05) is 6.54 Å². The monoisotopic (exact) mass is 490 g/mol. The highest BCUT2D eigenvalue weighted by molar-refractivity contribution is 6.03. The van der Waals surface area contributed by atoms with Crippen molar-refractivity contribution in [3.8, 4) is 0 Å². The van der Waals surface area contributed by atoms with Crippen LogP contribution in [0.1, 0.15) is 31.9 Å². The number of carboxylic acids is 1. The van der Waals surface area contributed by atoms with E-state index in [1.54, 1.807) is 51.2 Å². The molecule has 3 amide bonds. The van der Waals surface area contributed by atoms with Crippen molar-refractivity contribution in [2.45, 2.75) is 33.2 Å². The molecule has 1 unspecified atom stereocenters. The molecule has 0 saturated heterocycles. The largest absolute Gasteiger partial charge is 0.480 e. The van der Waals surface area contributed by atoms with Gasteiger partial charge in [0.1, 0.15) is 11.7 Å². The molecule has 0 fully saturated rings. The first-order chi connectivity index (χ1) is 17.0. The third kappa shape index (κ3) is 7.05. The highest BCUT2D eigenvalue weighted by Crippen LogP contribution is 2.19. The van der Waals surface area contributed by atoms with Gasteiger partial charge in [-0.2, -0.15) is 0 Å². The molecular formula is C27H30N4O5. The lowest BCUT2D eigenvalue weighted by Gasteiger charge is -2.19. The van der Waals surface area contributed by atoms with Crippen LogP contribution in [-0.4, -0.2) is 46.4 Å². The third-order valence-corrected chi connectivity index (χ3v) is 5.43. The van der Waals surface area contributed by atoms with Gasteiger partial charge in [0, 0.05) is 28.9 Å². The number of para-hydroxylation sites is 1. The van der Waals surface area contributed by atoms with Gasteiger partial charge >= 0.3 is 5.97 Å². The number of fused-ring (bicyclic) bond motifs is 1. The number of H-pyrrole nitrogens is 1. The van der Waals surface area contributed by atoms with Crippen molar-refractivity contribution in [2.24, 2.45) is 5.41 Å². The van der Waals surface area contributed by atoms with Crippen LogP contribution in [0, 0.1) is 5.41 Å². The fourth-order valence-electron chi connectivity index (χ4n) is 3.41. The van der Waals surface area contributed by atoms with Crippen molar-refractivity contribution in [3.63, 3.8) is 0 Å². The lowest BCUT2D eigenvalue weighted by molar-refractivity contribution is -0.141. The number of benzene rings is 2. The lowest BCUT2D eigenvalue weighted by Crippen LogP contribution is -2.47. The number of aromatic amines is 1. The Morgan fingerprint density at radius 3 is 2.33 bits per heavy atom. The minimum atomic E-state index is -1.19. The zero-order valence-corrected chi connectivity index (χ0v) is 20.4. The first-order valence-electron chi connectivity index (χ1n) is 11.5. The maximum absolute atomic E-state index is 12.8. The zero-order chi connectivity index (χ0) is 26.3. The van der Waals surface area contributed by atoms with Gasteiger partial charge < -0.3 is 26.0 Å². The fraction of sp³-hybridized carbons (Fsp3) is 0.259. The highest BCUT2D eigenvalue weighted by atomic mass is 16.4. The maximum atomic E-state index is 12.8. The van der Waals surface area contributed by atoms with Crippen LogP contribution < -0.4 is 16.0 Å². The molecule has 9 heteroatoms. The van der Waals surface area contributed by atoms with E-state index in [9.17, 15) is 24.3 Å². The summed E-state index contributed by atoms with van der Waals surface area (Å²) >= 11 is 0. The van der Waals surface area contributed by atoms with Crippen molar-refractivity contribution < 1.29 is 24.3 Å². The van der Waals surface area contributed by atoms with E-state index in [2.05, 4.69) is 20.9 Å². The van der Waals surface area contributed by atoms with Crippen LogP contribution in [0.25, 0.3) is 17.0 Å². The number of hydrogen-bond acceptors (Lipinski definition) is 4. The molecule has 0 saturated carbocycles. The second-order valence-electron chi connectivity index (χ2n) is 9.38. The zero-order valence-electron chi connectivity index (χ0n) is 20.4. The van der Waals surface area contributed by atoms with Crippen molar-refractivity contribution in [3.05, 3.63) is 77.6 Å². The molecule has 0 aliphatic carbocycles. The summed E-state index contributed by atoms with van der Waals surface area (Å²) in [7, 11) is 0. The Morgan fingerprint density at radius 2 is 1.67 bits per heavy atom.